The summed E-state index contributed by atoms with van der Waals surface area (Å²) in [5, 5.41) is 0. The molecule has 80 valence electrons. The van der Waals surface area contributed by atoms with Crippen molar-refractivity contribution in [3.05, 3.63) is 0 Å². The van der Waals surface area contributed by atoms with Crippen LogP contribution in [-0.4, -0.2) is 0 Å². The van der Waals surface area contributed by atoms with E-state index in [-0.39, 0.29) is 7.43 Å². The first-order valence-electron chi connectivity index (χ1n) is 4.94. The molecular formula is C12H32. The molecule has 0 nitrogen and oxygen atoms in total. The zero-order chi connectivity index (χ0) is 10.1. The molecule has 0 amide bonds. The second-order valence-electron chi connectivity index (χ2n) is 3.52. The summed E-state index contributed by atoms with van der Waals surface area (Å²) < 4.78 is 0. The van der Waals surface area contributed by atoms with Crippen molar-refractivity contribution in [2.45, 2.75) is 69.7 Å². The normalized spacial score (nSPS) is 8.50. The molecule has 0 fully saturated rings. The van der Waals surface area contributed by atoms with Crippen molar-refractivity contribution >= 4 is 0 Å². The molecule has 0 bridgehead atoms. The van der Waals surface area contributed by atoms with Crippen molar-refractivity contribution in [2.75, 3.05) is 0 Å². The zero-order valence-corrected chi connectivity index (χ0v) is 10.1. The van der Waals surface area contributed by atoms with Crippen LogP contribution in [0.15, 0.2) is 0 Å². The Kier molecular flexibility index (Phi) is 25.7. The lowest BCUT2D eigenvalue weighted by Gasteiger charge is -2.22. The molecule has 0 spiro atoms. The predicted molar refractivity (Wildman–Crippen MR) is 63.7 cm³/mol. The van der Waals surface area contributed by atoms with Crippen LogP contribution in [0.2, 0.25) is 0 Å². The molecule has 12 heavy (non-hydrogen) atoms. The van der Waals surface area contributed by atoms with Gasteiger partial charge in [-0.25, -0.2) is 0 Å². The highest BCUT2D eigenvalue weighted by molar-refractivity contribution is 4.64. The van der Waals surface area contributed by atoms with Gasteiger partial charge in [-0.15, -0.1) is 0 Å². The first-order valence-corrected chi connectivity index (χ1v) is 4.94. The maximum absolute atomic E-state index is 2.26. The molecule has 0 radical (unpaired) electrons. The SMILES string of the molecule is C.CC.CC.CC(C)C(C)(C)C. The highest BCUT2D eigenvalue weighted by Crippen LogP contribution is 2.23. The van der Waals surface area contributed by atoms with Crippen molar-refractivity contribution in [3.8, 4) is 0 Å². The van der Waals surface area contributed by atoms with Crippen LogP contribution in [-0.2, 0) is 0 Å². The van der Waals surface area contributed by atoms with Crippen LogP contribution >= 0.6 is 0 Å². The molecule has 0 unspecified atom stereocenters. The van der Waals surface area contributed by atoms with Crippen LogP contribution in [0.4, 0.5) is 0 Å². The molecule has 0 aromatic heterocycles. The van der Waals surface area contributed by atoms with Crippen molar-refractivity contribution < 1.29 is 0 Å². The first-order chi connectivity index (χ1) is 4.94. The maximum Gasteiger partial charge on any atom is -0.0360 e. The summed E-state index contributed by atoms with van der Waals surface area (Å²) in [6.45, 7) is 19.3. The van der Waals surface area contributed by atoms with Gasteiger partial charge in [0.2, 0.25) is 0 Å². The lowest BCUT2D eigenvalue weighted by molar-refractivity contribution is 0.283. The van der Waals surface area contributed by atoms with Crippen molar-refractivity contribution in [2.24, 2.45) is 11.3 Å². The molecule has 0 N–H and O–H groups in total. The Hall–Kier alpha value is 0. The minimum absolute atomic E-state index is 0. The molecular weight excluding hydrogens is 144 g/mol. The third-order valence-electron chi connectivity index (χ3n) is 1.73. The van der Waals surface area contributed by atoms with E-state index in [4.69, 9.17) is 0 Å². The molecule has 0 saturated heterocycles. The van der Waals surface area contributed by atoms with E-state index in [0.29, 0.717) is 5.41 Å². The van der Waals surface area contributed by atoms with Gasteiger partial charge in [0.1, 0.15) is 0 Å². The number of rotatable bonds is 0. The molecule has 0 heteroatoms. The van der Waals surface area contributed by atoms with E-state index in [1.54, 1.807) is 0 Å². The molecule has 0 aromatic rings. The minimum atomic E-state index is 0. The van der Waals surface area contributed by atoms with E-state index >= 15 is 0 Å². The van der Waals surface area contributed by atoms with Gasteiger partial charge in [0.25, 0.3) is 0 Å². The van der Waals surface area contributed by atoms with Gasteiger partial charge >= 0.3 is 0 Å². The third kappa shape index (κ3) is 22.5. The number of hydrogen-bond acceptors (Lipinski definition) is 0. The fourth-order valence-corrected chi connectivity index (χ4v) is 0. The smallest absolute Gasteiger partial charge is 0.0360 e. The van der Waals surface area contributed by atoms with E-state index in [9.17, 15) is 0 Å². The first kappa shape index (κ1) is 22.7. The average molecular weight is 176 g/mol. The molecule has 0 heterocycles. The van der Waals surface area contributed by atoms with Gasteiger partial charge in [-0.3, -0.25) is 0 Å². The third-order valence-corrected chi connectivity index (χ3v) is 1.73. The van der Waals surface area contributed by atoms with E-state index in [1.165, 1.54) is 0 Å². The van der Waals surface area contributed by atoms with Gasteiger partial charge in [-0.05, 0) is 11.3 Å². The Morgan fingerprint density at radius 2 is 0.833 bits per heavy atom. The average Bonchev–Trinajstić information content (AvgIpc) is 1.95. The lowest BCUT2D eigenvalue weighted by Crippen LogP contribution is -2.12. The summed E-state index contributed by atoms with van der Waals surface area (Å²) in [5.74, 6) is 0.799. The molecule has 0 aromatic carbocycles. The molecule has 0 rings (SSSR count). The van der Waals surface area contributed by atoms with E-state index < -0.39 is 0 Å². The van der Waals surface area contributed by atoms with Gasteiger partial charge in [0.05, 0.1) is 0 Å². The summed E-state index contributed by atoms with van der Waals surface area (Å²) in [6, 6.07) is 0. The summed E-state index contributed by atoms with van der Waals surface area (Å²) in [6.07, 6.45) is 0. The Labute approximate surface area is 81.8 Å². The molecule has 0 aliphatic heterocycles. The van der Waals surface area contributed by atoms with Gasteiger partial charge in [-0.2, -0.15) is 0 Å². The van der Waals surface area contributed by atoms with Crippen molar-refractivity contribution in [1.82, 2.24) is 0 Å². The molecule has 0 aliphatic carbocycles. The summed E-state index contributed by atoms with van der Waals surface area (Å²) >= 11 is 0. The predicted octanol–water partition coefficient (Wildman–Crippen LogP) is 5.38. The molecule has 0 aliphatic rings. The quantitative estimate of drug-likeness (QED) is 0.465. The number of hydrogen-bond donors (Lipinski definition) is 0. The Morgan fingerprint density at radius 1 is 0.750 bits per heavy atom. The van der Waals surface area contributed by atoms with Crippen molar-refractivity contribution in [3.63, 3.8) is 0 Å². The molecule has 0 atom stereocenters. The topological polar surface area (TPSA) is 0 Å². The Bertz CT molecular complexity index is 45.5. The standard InChI is InChI=1S/C7H16.2C2H6.CH4/c1-6(2)7(3,4)5;2*1-2;/h6H,1-5H3;2*1-2H3;1H4. The Balaban J connectivity index is -0.0000000560. The van der Waals surface area contributed by atoms with Gasteiger partial charge in [-0.1, -0.05) is 69.7 Å². The molecule has 0 saturated carbocycles. The highest BCUT2D eigenvalue weighted by Gasteiger charge is 2.13. The summed E-state index contributed by atoms with van der Waals surface area (Å²) in [5.41, 5.74) is 0.500. The van der Waals surface area contributed by atoms with E-state index in [0.717, 1.165) is 5.92 Å². The fourth-order valence-electron chi connectivity index (χ4n) is 0. The Morgan fingerprint density at radius 3 is 0.833 bits per heavy atom. The van der Waals surface area contributed by atoms with Crippen LogP contribution in [0.3, 0.4) is 0 Å². The summed E-state index contributed by atoms with van der Waals surface area (Å²) in [7, 11) is 0. The lowest BCUT2D eigenvalue weighted by atomic mass is 9.84. The van der Waals surface area contributed by atoms with Gasteiger partial charge < -0.3 is 0 Å². The van der Waals surface area contributed by atoms with Crippen LogP contribution in [0.5, 0.6) is 0 Å². The maximum atomic E-state index is 2.26. The van der Waals surface area contributed by atoms with Crippen LogP contribution < -0.4 is 0 Å². The zero-order valence-electron chi connectivity index (χ0n) is 10.1. The van der Waals surface area contributed by atoms with E-state index in [1.807, 2.05) is 27.7 Å². The minimum Gasteiger partial charge on any atom is -0.0776 e. The van der Waals surface area contributed by atoms with Gasteiger partial charge in [0, 0.05) is 0 Å². The van der Waals surface area contributed by atoms with Crippen LogP contribution in [0.1, 0.15) is 69.7 Å². The summed E-state index contributed by atoms with van der Waals surface area (Å²) in [4.78, 5) is 0. The second kappa shape index (κ2) is 13.6. The fraction of sp³-hybridized carbons (Fsp3) is 1.00. The van der Waals surface area contributed by atoms with Gasteiger partial charge in [0.15, 0.2) is 0 Å². The van der Waals surface area contributed by atoms with Crippen molar-refractivity contribution in [1.29, 1.82) is 0 Å². The highest BCUT2D eigenvalue weighted by atomic mass is 14.2. The second-order valence-corrected chi connectivity index (χ2v) is 3.52. The largest absolute Gasteiger partial charge is 0.0776 e. The monoisotopic (exact) mass is 176 g/mol. The van der Waals surface area contributed by atoms with Crippen LogP contribution in [0.25, 0.3) is 0 Å². The van der Waals surface area contributed by atoms with Crippen LogP contribution in [0, 0.1) is 11.3 Å². The van der Waals surface area contributed by atoms with E-state index in [2.05, 4.69) is 34.6 Å².